The molecule has 0 amide bonds. The summed E-state index contributed by atoms with van der Waals surface area (Å²) in [6.07, 6.45) is 1.78. The second-order valence-electron chi connectivity index (χ2n) is 3.68. The molecule has 0 saturated carbocycles. The van der Waals surface area contributed by atoms with Crippen LogP contribution in [0.1, 0.15) is 11.1 Å². The van der Waals surface area contributed by atoms with Crippen LogP contribution >= 0.6 is 0 Å². The molecular formula is C13H12FN. The molecule has 0 atom stereocenters. The van der Waals surface area contributed by atoms with Crippen LogP contribution in [0, 0.1) is 19.7 Å². The quantitative estimate of drug-likeness (QED) is 0.688. The Labute approximate surface area is 88.6 Å². The van der Waals surface area contributed by atoms with Gasteiger partial charge in [-0.3, -0.25) is 4.98 Å². The lowest BCUT2D eigenvalue weighted by Gasteiger charge is -2.02. The molecule has 1 aromatic heterocycles. The zero-order valence-electron chi connectivity index (χ0n) is 8.79. The fraction of sp³-hybridized carbons (Fsp3) is 0.154. The molecule has 0 fully saturated rings. The minimum absolute atomic E-state index is 0.185. The van der Waals surface area contributed by atoms with Gasteiger partial charge in [0.25, 0.3) is 0 Å². The van der Waals surface area contributed by atoms with Gasteiger partial charge in [-0.05, 0) is 37.1 Å². The van der Waals surface area contributed by atoms with Crippen molar-refractivity contribution in [2.24, 2.45) is 0 Å². The first-order valence-electron chi connectivity index (χ1n) is 4.86. The van der Waals surface area contributed by atoms with E-state index in [-0.39, 0.29) is 5.82 Å². The molecule has 1 heterocycles. The molecular weight excluding hydrogens is 189 g/mol. The van der Waals surface area contributed by atoms with Crippen molar-refractivity contribution in [2.75, 3.05) is 0 Å². The smallest absolute Gasteiger partial charge is 0.126 e. The van der Waals surface area contributed by atoms with Crippen LogP contribution in [0.3, 0.4) is 0 Å². The second-order valence-corrected chi connectivity index (χ2v) is 3.68. The summed E-state index contributed by atoms with van der Waals surface area (Å²) in [7, 11) is 0. The highest BCUT2D eigenvalue weighted by molar-refractivity contribution is 5.59. The zero-order valence-corrected chi connectivity index (χ0v) is 8.79. The molecule has 0 spiro atoms. The summed E-state index contributed by atoms with van der Waals surface area (Å²) < 4.78 is 13.3. The van der Waals surface area contributed by atoms with E-state index in [0.29, 0.717) is 5.56 Å². The Kier molecular flexibility index (Phi) is 2.50. The maximum Gasteiger partial charge on any atom is 0.126 e. The minimum Gasteiger partial charge on any atom is -0.256 e. The van der Waals surface area contributed by atoms with Gasteiger partial charge in [-0.2, -0.15) is 0 Å². The normalized spacial score (nSPS) is 10.3. The average Bonchev–Trinajstić information content (AvgIpc) is 2.23. The van der Waals surface area contributed by atoms with E-state index in [2.05, 4.69) is 4.98 Å². The number of aromatic nitrogens is 1. The predicted molar refractivity (Wildman–Crippen MR) is 59.1 cm³/mol. The Hall–Kier alpha value is -1.70. The number of hydrogen-bond donors (Lipinski definition) is 0. The maximum atomic E-state index is 13.3. The van der Waals surface area contributed by atoms with E-state index in [0.717, 1.165) is 16.8 Å². The minimum atomic E-state index is -0.185. The van der Waals surface area contributed by atoms with Gasteiger partial charge in [-0.15, -0.1) is 0 Å². The molecule has 0 unspecified atom stereocenters. The van der Waals surface area contributed by atoms with Crippen molar-refractivity contribution in [3.8, 4) is 11.3 Å². The molecule has 2 heteroatoms. The molecule has 15 heavy (non-hydrogen) atoms. The lowest BCUT2D eigenvalue weighted by Crippen LogP contribution is -1.87. The number of nitrogens with zero attached hydrogens (tertiary/aromatic N) is 1. The van der Waals surface area contributed by atoms with Crippen LogP contribution in [-0.2, 0) is 0 Å². The van der Waals surface area contributed by atoms with E-state index >= 15 is 0 Å². The Morgan fingerprint density at radius 1 is 1.07 bits per heavy atom. The first-order chi connectivity index (χ1) is 7.16. The van der Waals surface area contributed by atoms with Gasteiger partial charge in [0.2, 0.25) is 0 Å². The van der Waals surface area contributed by atoms with Gasteiger partial charge in [-0.1, -0.05) is 18.2 Å². The summed E-state index contributed by atoms with van der Waals surface area (Å²) in [4.78, 5) is 4.25. The number of aryl methyl sites for hydroxylation is 2. The second kappa shape index (κ2) is 3.81. The Balaban J connectivity index is 2.45. The van der Waals surface area contributed by atoms with Crippen LogP contribution in [0.15, 0.2) is 36.5 Å². The van der Waals surface area contributed by atoms with Crippen LogP contribution in [0.2, 0.25) is 0 Å². The van der Waals surface area contributed by atoms with Gasteiger partial charge in [0.1, 0.15) is 5.82 Å². The number of rotatable bonds is 1. The topological polar surface area (TPSA) is 12.9 Å². The fourth-order valence-electron chi connectivity index (χ4n) is 1.39. The van der Waals surface area contributed by atoms with Gasteiger partial charge >= 0.3 is 0 Å². The van der Waals surface area contributed by atoms with Gasteiger partial charge in [0.15, 0.2) is 0 Å². The number of pyridine rings is 1. The molecule has 0 bridgehead atoms. The van der Waals surface area contributed by atoms with E-state index in [1.807, 2.05) is 25.1 Å². The van der Waals surface area contributed by atoms with Crippen molar-refractivity contribution >= 4 is 0 Å². The third-order valence-corrected chi connectivity index (χ3v) is 2.38. The third kappa shape index (κ3) is 2.04. The van der Waals surface area contributed by atoms with Gasteiger partial charge in [0, 0.05) is 11.8 Å². The van der Waals surface area contributed by atoms with Crippen molar-refractivity contribution in [1.29, 1.82) is 0 Å². The van der Waals surface area contributed by atoms with Gasteiger partial charge in [0.05, 0.1) is 5.69 Å². The van der Waals surface area contributed by atoms with Crippen LogP contribution in [0.4, 0.5) is 4.39 Å². The fourth-order valence-corrected chi connectivity index (χ4v) is 1.39. The Morgan fingerprint density at radius 3 is 2.47 bits per heavy atom. The molecule has 1 nitrogen and oxygen atoms in total. The maximum absolute atomic E-state index is 13.3. The van der Waals surface area contributed by atoms with Crippen LogP contribution in [0.25, 0.3) is 11.3 Å². The molecule has 2 rings (SSSR count). The van der Waals surface area contributed by atoms with E-state index in [1.54, 1.807) is 19.2 Å². The summed E-state index contributed by atoms with van der Waals surface area (Å²) >= 11 is 0. The molecule has 0 aliphatic rings. The number of benzene rings is 1. The molecule has 0 N–H and O–H groups in total. The standard InChI is InChI=1S/C13H12FN/c1-9-3-6-13(15-8-9)11-5-4-10(2)12(14)7-11/h3-8H,1-2H3. The van der Waals surface area contributed by atoms with Crippen molar-refractivity contribution in [3.05, 3.63) is 53.5 Å². The van der Waals surface area contributed by atoms with E-state index < -0.39 is 0 Å². The number of halogens is 1. The lowest BCUT2D eigenvalue weighted by molar-refractivity contribution is 0.619. The van der Waals surface area contributed by atoms with Gasteiger partial charge < -0.3 is 0 Å². The van der Waals surface area contributed by atoms with Crippen molar-refractivity contribution < 1.29 is 4.39 Å². The average molecular weight is 201 g/mol. The Bertz CT molecular complexity index is 474. The molecule has 76 valence electrons. The highest BCUT2D eigenvalue weighted by atomic mass is 19.1. The van der Waals surface area contributed by atoms with Gasteiger partial charge in [-0.25, -0.2) is 4.39 Å². The van der Waals surface area contributed by atoms with Crippen molar-refractivity contribution in [3.63, 3.8) is 0 Å². The van der Waals surface area contributed by atoms with Crippen molar-refractivity contribution in [1.82, 2.24) is 4.98 Å². The van der Waals surface area contributed by atoms with Crippen LogP contribution in [-0.4, -0.2) is 4.98 Å². The summed E-state index contributed by atoms with van der Waals surface area (Å²) in [5.41, 5.74) is 3.38. The molecule has 1 aromatic carbocycles. The van der Waals surface area contributed by atoms with Crippen LogP contribution in [0.5, 0.6) is 0 Å². The summed E-state index contributed by atoms with van der Waals surface area (Å²) in [6, 6.07) is 9.05. The lowest BCUT2D eigenvalue weighted by atomic mass is 10.1. The SMILES string of the molecule is Cc1ccc(-c2ccc(C)c(F)c2)nc1. The summed E-state index contributed by atoms with van der Waals surface area (Å²) in [6.45, 7) is 3.73. The zero-order chi connectivity index (χ0) is 10.8. The highest BCUT2D eigenvalue weighted by Crippen LogP contribution is 2.19. The van der Waals surface area contributed by atoms with E-state index in [4.69, 9.17) is 0 Å². The predicted octanol–water partition coefficient (Wildman–Crippen LogP) is 3.50. The molecule has 0 saturated heterocycles. The third-order valence-electron chi connectivity index (χ3n) is 2.38. The largest absolute Gasteiger partial charge is 0.256 e. The van der Waals surface area contributed by atoms with Crippen molar-refractivity contribution in [2.45, 2.75) is 13.8 Å². The van der Waals surface area contributed by atoms with E-state index in [9.17, 15) is 4.39 Å². The van der Waals surface area contributed by atoms with E-state index in [1.165, 1.54) is 6.07 Å². The molecule has 0 radical (unpaired) electrons. The summed E-state index contributed by atoms with van der Waals surface area (Å²) in [5, 5.41) is 0. The Morgan fingerprint density at radius 2 is 1.87 bits per heavy atom. The highest BCUT2D eigenvalue weighted by Gasteiger charge is 2.02. The molecule has 0 aliphatic carbocycles. The molecule has 2 aromatic rings. The number of hydrogen-bond acceptors (Lipinski definition) is 1. The first kappa shape index (κ1) is 9.84. The van der Waals surface area contributed by atoms with Crippen LogP contribution < -0.4 is 0 Å². The summed E-state index contributed by atoms with van der Waals surface area (Å²) in [5.74, 6) is -0.185. The monoisotopic (exact) mass is 201 g/mol. The first-order valence-corrected chi connectivity index (χ1v) is 4.86. The molecule has 0 aliphatic heterocycles.